The number of amides is 4. The Morgan fingerprint density at radius 1 is 1.03 bits per heavy atom. The minimum absolute atomic E-state index is 0.0102. The molecule has 9 nitrogen and oxygen atoms in total. The lowest BCUT2D eigenvalue weighted by Crippen LogP contribution is -2.50. The molecule has 1 aliphatic heterocycles. The van der Waals surface area contributed by atoms with Crippen molar-refractivity contribution in [3.05, 3.63) is 48.2 Å². The van der Waals surface area contributed by atoms with E-state index in [0.717, 1.165) is 5.69 Å². The second-order valence-corrected chi connectivity index (χ2v) is 6.89. The van der Waals surface area contributed by atoms with E-state index in [1.165, 1.54) is 13.1 Å². The molecule has 0 unspecified atom stereocenters. The first-order chi connectivity index (χ1) is 14.5. The molecule has 2 heterocycles. The number of hydrogen-bond donors (Lipinski definition) is 3. The van der Waals surface area contributed by atoms with Crippen LogP contribution in [0.3, 0.4) is 0 Å². The highest BCUT2D eigenvalue weighted by Crippen LogP contribution is 2.25. The van der Waals surface area contributed by atoms with Gasteiger partial charge in [0.15, 0.2) is 0 Å². The van der Waals surface area contributed by atoms with Gasteiger partial charge in [-0.25, -0.2) is 9.78 Å². The second-order valence-electron chi connectivity index (χ2n) is 6.89. The highest BCUT2D eigenvalue weighted by Gasteiger charge is 2.25. The fourth-order valence-corrected chi connectivity index (χ4v) is 3.19. The molecule has 1 fully saturated rings. The van der Waals surface area contributed by atoms with Crippen molar-refractivity contribution < 1.29 is 14.4 Å². The molecule has 0 bridgehead atoms. The average molecular weight is 410 g/mol. The van der Waals surface area contributed by atoms with Crippen molar-refractivity contribution in [2.75, 3.05) is 43.4 Å². The van der Waals surface area contributed by atoms with Gasteiger partial charge in [0.05, 0.1) is 11.3 Å². The van der Waals surface area contributed by atoms with Gasteiger partial charge in [-0.05, 0) is 19.1 Å². The summed E-state index contributed by atoms with van der Waals surface area (Å²) in [7, 11) is 0. The first-order valence-corrected chi connectivity index (χ1v) is 9.89. The van der Waals surface area contributed by atoms with Crippen LogP contribution in [0.1, 0.15) is 24.2 Å². The SMILES string of the molecule is CCNC(=O)Nc1cc(Nc2ccccc2)c(C(=O)N2CCN(C(C)=O)CC2)cn1. The number of nitrogens with zero attached hydrogens (tertiary/aromatic N) is 3. The summed E-state index contributed by atoms with van der Waals surface area (Å²) in [5, 5.41) is 8.55. The number of carbonyl (C=O) groups is 3. The quantitative estimate of drug-likeness (QED) is 0.701. The van der Waals surface area contributed by atoms with Crippen molar-refractivity contribution >= 4 is 35.0 Å². The molecule has 0 aliphatic carbocycles. The average Bonchev–Trinajstić information content (AvgIpc) is 2.74. The highest BCUT2D eigenvalue weighted by atomic mass is 16.2. The van der Waals surface area contributed by atoms with E-state index in [-0.39, 0.29) is 17.8 Å². The minimum atomic E-state index is -0.366. The topological polar surface area (TPSA) is 107 Å². The molecule has 3 N–H and O–H groups in total. The van der Waals surface area contributed by atoms with Gasteiger partial charge in [0, 0.05) is 57.6 Å². The third-order valence-electron chi connectivity index (χ3n) is 4.78. The Morgan fingerprint density at radius 2 is 1.70 bits per heavy atom. The van der Waals surface area contributed by atoms with Crippen molar-refractivity contribution in [2.24, 2.45) is 0 Å². The molecule has 3 rings (SSSR count). The normalized spacial score (nSPS) is 13.5. The number of pyridine rings is 1. The van der Waals surface area contributed by atoms with Gasteiger partial charge in [0.2, 0.25) is 5.91 Å². The lowest BCUT2D eigenvalue weighted by molar-refractivity contribution is -0.130. The Balaban J connectivity index is 1.83. The molecule has 0 spiro atoms. The number of hydrogen-bond acceptors (Lipinski definition) is 5. The largest absolute Gasteiger partial charge is 0.355 e. The van der Waals surface area contributed by atoms with Gasteiger partial charge in [-0.2, -0.15) is 0 Å². The van der Waals surface area contributed by atoms with Crippen LogP contribution in [0, 0.1) is 0 Å². The van der Waals surface area contributed by atoms with Crippen LogP contribution in [0.25, 0.3) is 0 Å². The summed E-state index contributed by atoms with van der Waals surface area (Å²) in [5.41, 5.74) is 1.75. The van der Waals surface area contributed by atoms with E-state index in [1.807, 2.05) is 37.3 Å². The van der Waals surface area contributed by atoms with E-state index in [1.54, 1.807) is 15.9 Å². The van der Waals surface area contributed by atoms with Gasteiger partial charge < -0.3 is 20.4 Å². The zero-order valence-electron chi connectivity index (χ0n) is 17.1. The molecule has 1 aliphatic rings. The Labute approximate surface area is 175 Å². The zero-order valence-corrected chi connectivity index (χ0v) is 17.1. The van der Waals surface area contributed by atoms with Crippen LogP contribution in [0.4, 0.5) is 22.0 Å². The molecule has 30 heavy (non-hydrogen) atoms. The molecule has 158 valence electrons. The van der Waals surface area contributed by atoms with Crippen molar-refractivity contribution in [3.8, 4) is 0 Å². The number of aromatic nitrogens is 1. The first-order valence-electron chi connectivity index (χ1n) is 9.89. The van der Waals surface area contributed by atoms with Crippen LogP contribution in [0.2, 0.25) is 0 Å². The van der Waals surface area contributed by atoms with E-state index in [4.69, 9.17) is 0 Å². The van der Waals surface area contributed by atoms with Crippen LogP contribution < -0.4 is 16.0 Å². The highest BCUT2D eigenvalue weighted by molar-refractivity contribution is 6.01. The second kappa shape index (κ2) is 9.73. The lowest BCUT2D eigenvalue weighted by Gasteiger charge is -2.34. The molecule has 1 aromatic heterocycles. The number of carbonyl (C=O) groups excluding carboxylic acids is 3. The van der Waals surface area contributed by atoms with Crippen molar-refractivity contribution in [1.29, 1.82) is 0 Å². The van der Waals surface area contributed by atoms with Crippen LogP contribution in [0.5, 0.6) is 0 Å². The molecule has 0 saturated carbocycles. The van der Waals surface area contributed by atoms with Gasteiger partial charge in [-0.15, -0.1) is 0 Å². The summed E-state index contributed by atoms with van der Waals surface area (Å²) in [5.74, 6) is 0.169. The number of benzene rings is 1. The summed E-state index contributed by atoms with van der Waals surface area (Å²) in [4.78, 5) is 44.2. The van der Waals surface area contributed by atoms with E-state index in [9.17, 15) is 14.4 Å². The number of para-hydroxylation sites is 1. The van der Waals surface area contributed by atoms with Gasteiger partial charge in [-0.1, -0.05) is 18.2 Å². The number of anilines is 3. The molecular weight excluding hydrogens is 384 g/mol. The molecular formula is C21H26N6O3. The maximum absolute atomic E-state index is 13.2. The van der Waals surface area contributed by atoms with E-state index < -0.39 is 0 Å². The summed E-state index contributed by atoms with van der Waals surface area (Å²) in [6.45, 7) is 5.78. The zero-order chi connectivity index (χ0) is 21.5. The molecule has 9 heteroatoms. The Morgan fingerprint density at radius 3 is 2.33 bits per heavy atom. The first kappa shape index (κ1) is 21.1. The number of urea groups is 1. The third-order valence-corrected chi connectivity index (χ3v) is 4.78. The molecule has 0 radical (unpaired) electrons. The van der Waals surface area contributed by atoms with Crippen LogP contribution in [0.15, 0.2) is 42.6 Å². The van der Waals surface area contributed by atoms with Crippen molar-refractivity contribution in [3.63, 3.8) is 0 Å². The Bertz CT molecular complexity index is 910. The van der Waals surface area contributed by atoms with E-state index in [2.05, 4.69) is 20.9 Å². The van der Waals surface area contributed by atoms with Crippen molar-refractivity contribution in [2.45, 2.75) is 13.8 Å². The fraction of sp³-hybridized carbons (Fsp3) is 0.333. The smallest absolute Gasteiger partial charge is 0.320 e. The summed E-state index contributed by atoms with van der Waals surface area (Å²) >= 11 is 0. The molecule has 0 atom stereocenters. The summed E-state index contributed by atoms with van der Waals surface area (Å²) in [6, 6.07) is 10.7. The molecule has 1 saturated heterocycles. The van der Waals surface area contributed by atoms with Crippen LogP contribution >= 0.6 is 0 Å². The number of nitrogens with one attached hydrogen (secondary N) is 3. The lowest BCUT2D eigenvalue weighted by atomic mass is 10.1. The molecule has 1 aromatic carbocycles. The fourth-order valence-electron chi connectivity index (χ4n) is 3.19. The van der Waals surface area contributed by atoms with Crippen molar-refractivity contribution in [1.82, 2.24) is 20.1 Å². The van der Waals surface area contributed by atoms with E-state index >= 15 is 0 Å². The summed E-state index contributed by atoms with van der Waals surface area (Å²) < 4.78 is 0. The van der Waals surface area contributed by atoms with E-state index in [0.29, 0.717) is 49.8 Å². The van der Waals surface area contributed by atoms with Crippen LogP contribution in [-0.4, -0.2) is 65.4 Å². The predicted octanol–water partition coefficient (Wildman–Crippen LogP) is 2.27. The summed E-state index contributed by atoms with van der Waals surface area (Å²) in [6.07, 6.45) is 1.46. The maximum atomic E-state index is 13.2. The number of piperazine rings is 1. The Kier molecular flexibility index (Phi) is 6.84. The molecule has 4 amide bonds. The standard InChI is InChI=1S/C21H26N6O3/c1-3-22-21(30)25-19-13-18(24-16-7-5-4-6-8-16)17(14-23-19)20(29)27-11-9-26(10-12-27)15(2)28/h4-8,13-14H,3,9-12H2,1-2H3,(H3,22,23,24,25,30). The monoisotopic (exact) mass is 410 g/mol. The van der Waals surface area contributed by atoms with Gasteiger partial charge in [0.25, 0.3) is 5.91 Å². The molecule has 2 aromatic rings. The predicted molar refractivity (Wildman–Crippen MR) is 115 cm³/mol. The van der Waals surface area contributed by atoms with Gasteiger partial charge in [-0.3, -0.25) is 14.9 Å². The third kappa shape index (κ3) is 5.25. The Hall–Kier alpha value is -3.62. The minimum Gasteiger partial charge on any atom is -0.355 e. The van der Waals surface area contributed by atoms with Gasteiger partial charge >= 0.3 is 6.03 Å². The number of rotatable bonds is 5. The maximum Gasteiger partial charge on any atom is 0.320 e. The van der Waals surface area contributed by atoms with Gasteiger partial charge in [0.1, 0.15) is 5.82 Å². The van der Waals surface area contributed by atoms with Crippen LogP contribution in [-0.2, 0) is 4.79 Å².